The standard InChI is InChI=1S/C21H24FN5O2/c1-15-11-24-18(12-23-15)20(28)26-8-2-7-25-9-10-27(21(29)19(25)14-26)13-16-3-5-17(22)6-4-16/h3-6,11-12,19H,2,7-10,13-14H2,1H3. The summed E-state index contributed by atoms with van der Waals surface area (Å²) in [6.07, 6.45) is 3.88. The Morgan fingerprint density at radius 1 is 1.10 bits per heavy atom. The zero-order chi connectivity index (χ0) is 20.4. The van der Waals surface area contributed by atoms with E-state index >= 15 is 0 Å². The van der Waals surface area contributed by atoms with Gasteiger partial charge in [-0.3, -0.25) is 19.5 Å². The van der Waals surface area contributed by atoms with E-state index < -0.39 is 0 Å². The first-order valence-electron chi connectivity index (χ1n) is 9.86. The average molecular weight is 397 g/mol. The van der Waals surface area contributed by atoms with Gasteiger partial charge >= 0.3 is 0 Å². The molecule has 0 spiro atoms. The maximum Gasteiger partial charge on any atom is 0.274 e. The highest BCUT2D eigenvalue weighted by molar-refractivity contribution is 5.93. The monoisotopic (exact) mass is 397 g/mol. The summed E-state index contributed by atoms with van der Waals surface area (Å²) < 4.78 is 13.2. The fourth-order valence-corrected chi connectivity index (χ4v) is 3.92. The summed E-state index contributed by atoms with van der Waals surface area (Å²) in [6, 6.07) is 5.85. The highest BCUT2D eigenvalue weighted by Crippen LogP contribution is 2.20. The van der Waals surface area contributed by atoms with Gasteiger partial charge in [0.25, 0.3) is 5.91 Å². The Balaban J connectivity index is 1.48. The minimum Gasteiger partial charge on any atom is -0.336 e. The zero-order valence-corrected chi connectivity index (χ0v) is 16.4. The van der Waals surface area contributed by atoms with Crippen LogP contribution in [0.1, 0.15) is 28.2 Å². The van der Waals surface area contributed by atoms with Crippen LogP contribution in [-0.4, -0.2) is 75.2 Å². The predicted molar refractivity (Wildman–Crippen MR) is 104 cm³/mol. The van der Waals surface area contributed by atoms with E-state index in [0.717, 1.165) is 30.8 Å². The van der Waals surface area contributed by atoms with Crippen molar-refractivity contribution in [1.29, 1.82) is 0 Å². The molecule has 7 nitrogen and oxygen atoms in total. The van der Waals surface area contributed by atoms with Gasteiger partial charge in [-0.05, 0) is 31.0 Å². The first-order chi connectivity index (χ1) is 14.0. The molecule has 1 aromatic carbocycles. The van der Waals surface area contributed by atoms with Crippen molar-refractivity contribution >= 4 is 11.8 Å². The molecule has 0 saturated carbocycles. The van der Waals surface area contributed by atoms with Gasteiger partial charge in [-0.1, -0.05) is 12.1 Å². The molecule has 1 aromatic heterocycles. The van der Waals surface area contributed by atoms with Crippen LogP contribution in [-0.2, 0) is 11.3 Å². The number of aromatic nitrogens is 2. The number of rotatable bonds is 3. The minimum absolute atomic E-state index is 0.00950. The molecule has 0 N–H and O–H groups in total. The molecular formula is C21H24FN5O2. The smallest absolute Gasteiger partial charge is 0.274 e. The second-order valence-electron chi connectivity index (χ2n) is 7.59. The number of piperazine rings is 1. The van der Waals surface area contributed by atoms with Crippen LogP contribution in [0.25, 0.3) is 0 Å². The Labute approximate surface area is 169 Å². The number of nitrogens with zero attached hydrogens (tertiary/aromatic N) is 5. The molecule has 2 aliphatic heterocycles. The molecule has 8 heteroatoms. The van der Waals surface area contributed by atoms with Crippen LogP contribution in [0.3, 0.4) is 0 Å². The van der Waals surface area contributed by atoms with E-state index in [1.54, 1.807) is 28.1 Å². The molecule has 3 heterocycles. The van der Waals surface area contributed by atoms with Crippen molar-refractivity contribution in [3.05, 3.63) is 59.4 Å². The van der Waals surface area contributed by atoms with E-state index in [4.69, 9.17) is 0 Å². The van der Waals surface area contributed by atoms with Crippen molar-refractivity contribution in [2.45, 2.75) is 25.9 Å². The summed E-state index contributed by atoms with van der Waals surface area (Å²) in [5, 5.41) is 0. The van der Waals surface area contributed by atoms with Crippen LogP contribution in [0, 0.1) is 12.7 Å². The Bertz CT molecular complexity index is 887. The normalized spacial score (nSPS) is 20.3. The van der Waals surface area contributed by atoms with Crippen molar-refractivity contribution in [3.63, 3.8) is 0 Å². The number of hydrogen-bond donors (Lipinski definition) is 0. The number of carbonyl (C=O) groups is 2. The van der Waals surface area contributed by atoms with Gasteiger partial charge in [-0.2, -0.15) is 0 Å². The van der Waals surface area contributed by atoms with E-state index in [1.807, 2.05) is 6.92 Å². The van der Waals surface area contributed by atoms with E-state index in [9.17, 15) is 14.0 Å². The number of benzene rings is 1. The van der Waals surface area contributed by atoms with Crippen molar-refractivity contribution in [2.24, 2.45) is 0 Å². The molecule has 0 bridgehead atoms. The number of carbonyl (C=O) groups excluding carboxylic acids is 2. The van der Waals surface area contributed by atoms with Crippen molar-refractivity contribution in [3.8, 4) is 0 Å². The van der Waals surface area contributed by atoms with Gasteiger partial charge < -0.3 is 9.80 Å². The summed E-state index contributed by atoms with van der Waals surface area (Å²) in [5.74, 6) is -0.472. The second kappa shape index (κ2) is 8.24. The lowest BCUT2D eigenvalue weighted by Crippen LogP contribution is -2.59. The van der Waals surface area contributed by atoms with Gasteiger partial charge in [-0.15, -0.1) is 0 Å². The lowest BCUT2D eigenvalue weighted by molar-refractivity contribution is -0.142. The molecule has 2 aliphatic rings. The van der Waals surface area contributed by atoms with Crippen LogP contribution < -0.4 is 0 Å². The first-order valence-corrected chi connectivity index (χ1v) is 9.86. The minimum atomic E-state index is -0.367. The highest BCUT2D eigenvalue weighted by Gasteiger charge is 2.38. The molecule has 29 heavy (non-hydrogen) atoms. The van der Waals surface area contributed by atoms with Crippen molar-refractivity contribution < 1.29 is 14.0 Å². The van der Waals surface area contributed by atoms with E-state index in [-0.39, 0.29) is 23.7 Å². The number of amides is 2. The van der Waals surface area contributed by atoms with Gasteiger partial charge in [0.2, 0.25) is 5.91 Å². The zero-order valence-electron chi connectivity index (χ0n) is 16.4. The summed E-state index contributed by atoms with van der Waals surface area (Å²) in [6.45, 7) is 5.38. The van der Waals surface area contributed by atoms with Gasteiger partial charge in [0, 0.05) is 45.5 Å². The molecule has 1 atom stereocenters. The molecule has 152 valence electrons. The third-order valence-electron chi connectivity index (χ3n) is 5.54. The quantitative estimate of drug-likeness (QED) is 0.785. The Kier molecular flexibility index (Phi) is 5.53. The van der Waals surface area contributed by atoms with Crippen LogP contribution >= 0.6 is 0 Å². The molecule has 1 unspecified atom stereocenters. The molecule has 4 rings (SSSR count). The number of aryl methyl sites for hydroxylation is 1. The van der Waals surface area contributed by atoms with Gasteiger partial charge in [0.05, 0.1) is 11.9 Å². The number of halogens is 1. The molecule has 0 radical (unpaired) electrons. The summed E-state index contributed by atoms with van der Waals surface area (Å²) >= 11 is 0. The third-order valence-corrected chi connectivity index (χ3v) is 5.54. The van der Waals surface area contributed by atoms with Gasteiger partial charge in [0.15, 0.2) is 0 Å². The van der Waals surface area contributed by atoms with Crippen LogP contribution in [0.5, 0.6) is 0 Å². The Morgan fingerprint density at radius 3 is 2.62 bits per heavy atom. The Morgan fingerprint density at radius 2 is 1.90 bits per heavy atom. The second-order valence-corrected chi connectivity index (χ2v) is 7.59. The maximum atomic E-state index is 13.2. The summed E-state index contributed by atoms with van der Waals surface area (Å²) in [4.78, 5) is 40.1. The fourth-order valence-electron chi connectivity index (χ4n) is 3.92. The third kappa shape index (κ3) is 4.27. The fraction of sp³-hybridized carbons (Fsp3) is 0.429. The lowest BCUT2D eigenvalue weighted by atomic mass is 10.1. The lowest BCUT2D eigenvalue weighted by Gasteiger charge is -2.40. The van der Waals surface area contributed by atoms with E-state index in [1.165, 1.54) is 18.3 Å². The van der Waals surface area contributed by atoms with Gasteiger partial charge in [0.1, 0.15) is 17.6 Å². The van der Waals surface area contributed by atoms with Crippen LogP contribution in [0.4, 0.5) is 4.39 Å². The highest BCUT2D eigenvalue weighted by atomic mass is 19.1. The van der Waals surface area contributed by atoms with Crippen LogP contribution in [0.2, 0.25) is 0 Å². The summed E-state index contributed by atoms with van der Waals surface area (Å²) in [7, 11) is 0. The average Bonchev–Trinajstić information content (AvgIpc) is 2.95. The van der Waals surface area contributed by atoms with Crippen LogP contribution in [0.15, 0.2) is 36.7 Å². The maximum absolute atomic E-state index is 13.2. The van der Waals surface area contributed by atoms with E-state index in [2.05, 4.69) is 14.9 Å². The largest absolute Gasteiger partial charge is 0.336 e. The van der Waals surface area contributed by atoms with Crippen molar-refractivity contribution in [1.82, 2.24) is 24.7 Å². The predicted octanol–water partition coefficient (Wildman–Crippen LogP) is 1.48. The molecule has 2 saturated heterocycles. The number of hydrogen-bond acceptors (Lipinski definition) is 5. The Hall–Kier alpha value is -2.87. The first kappa shape index (κ1) is 19.4. The molecule has 2 amide bonds. The molecule has 0 aliphatic carbocycles. The molecular weight excluding hydrogens is 373 g/mol. The molecule has 2 aromatic rings. The summed E-state index contributed by atoms with van der Waals surface area (Å²) in [5.41, 5.74) is 1.95. The van der Waals surface area contributed by atoms with Crippen molar-refractivity contribution in [2.75, 3.05) is 32.7 Å². The number of fused-ring (bicyclic) bond motifs is 1. The van der Waals surface area contributed by atoms with Gasteiger partial charge in [-0.25, -0.2) is 9.37 Å². The molecule has 2 fully saturated rings. The topological polar surface area (TPSA) is 69.6 Å². The van der Waals surface area contributed by atoms with E-state index in [0.29, 0.717) is 31.9 Å². The SMILES string of the molecule is Cc1cnc(C(=O)N2CCCN3CCN(Cc4ccc(F)cc4)C(=O)C3C2)cn1.